The highest BCUT2D eigenvalue weighted by molar-refractivity contribution is 5.23. The lowest BCUT2D eigenvalue weighted by molar-refractivity contribution is 0.0834. The summed E-state index contributed by atoms with van der Waals surface area (Å²) in [6.07, 6.45) is 3.04. The van der Waals surface area contributed by atoms with E-state index in [2.05, 4.69) is 0 Å². The molecule has 0 amide bonds. The van der Waals surface area contributed by atoms with E-state index in [-0.39, 0.29) is 0 Å². The van der Waals surface area contributed by atoms with Gasteiger partial charge in [-0.1, -0.05) is 6.08 Å². The molecule has 2 heteroatoms. The quantitative estimate of drug-likeness (QED) is 0.420. The van der Waals surface area contributed by atoms with Crippen LogP contribution in [0.3, 0.4) is 0 Å². The van der Waals surface area contributed by atoms with Crippen molar-refractivity contribution in [2.45, 2.75) is 5.92 Å². The molecule has 0 unspecified atom stereocenters. The first-order valence-electron chi connectivity index (χ1n) is 1.62. The Morgan fingerprint density at radius 2 is 1.67 bits per heavy atom. The van der Waals surface area contributed by atoms with Gasteiger partial charge in [0.1, 0.15) is 0 Å². The Bertz CT molecular complexity index is 83.5. The standard InChI is InChI=1S/C4H3F2/c5-4(6)2-1-3-4/h1-3H. The Morgan fingerprint density at radius 3 is 1.67 bits per heavy atom. The largest absolute Gasteiger partial charge is 0.273 e. The van der Waals surface area contributed by atoms with Crippen LogP contribution in [0.5, 0.6) is 0 Å². The molecule has 0 aromatic rings. The molecule has 0 nitrogen and oxygen atoms in total. The molecule has 0 N–H and O–H groups in total. The predicted octanol–water partition coefficient (Wildman–Crippen LogP) is 1.40. The first-order valence-corrected chi connectivity index (χ1v) is 1.62. The van der Waals surface area contributed by atoms with E-state index in [9.17, 15) is 8.78 Å². The van der Waals surface area contributed by atoms with Crippen molar-refractivity contribution in [2.24, 2.45) is 0 Å². The second-order valence-corrected chi connectivity index (χ2v) is 1.20. The van der Waals surface area contributed by atoms with Crippen LogP contribution >= 0.6 is 0 Å². The molecule has 33 valence electrons. The number of alkyl halides is 2. The Morgan fingerprint density at radius 1 is 1.33 bits per heavy atom. The Hall–Kier alpha value is -0.400. The summed E-state index contributed by atoms with van der Waals surface area (Å²) in [5.74, 6) is -2.58. The first-order chi connectivity index (χ1) is 2.71. The van der Waals surface area contributed by atoms with Crippen LogP contribution in [0, 0.1) is 6.42 Å². The summed E-state index contributed by atoms with van der Waals surface area (Å²) in [5.41, 5.74) is 0. The maximum absolute atomic E-state index is 11.4. The maximum atomic E-state index is 11.4. The summed E-state index contributed by atoms with van der Waals surface area (Å²) in [5, 5.41) is 0. The smallest absolute Gasteiger partial charge is 0.201 e. The van der Waals surface area contributed by atoms with Crippen molar-refractivity contribution in [3.63, 3.8) is 0 Å². The zero-order valence-electron chi connectivity index (χ0n) is 2.99. The fourth-order valence-corrected chi connectivity index (χ4v) is 0.242. The third-order valence-corrected chi connectivity index (χ3v) is 0.637. The van der Waals surface area contributed by atoms with E-state index in [1.807, 2.05) is 0 Å². The molecule has 0 atom stereocenters. The van der Waals surface area contributed by atoms with E-state index in [4.69, 9.17) is 0 Å². The molecule has 6 heavy (non-hydrogen) atoms. The normalized spacial score (nSPS) is 26.3. The molecule has 1 radical (unpaired) electrons. The average molecular weight is 89.1 g/mol. The second kappa shape index (κ2) is 0.806. The van der Waals surface area contributed by atoms with E-state index in [0.29, 0.717) is 0 Å². The van der Waals surface area contributed by atoms with Crippen LogP contribution in [0.1, 0.15) is 0 Å². The van der Waals surface area contributed by atoms with Crippen LogP contribution in [0.15, 0.2) is 12.2 Å². The van der Waals surface area contributed by atoms with Gasteiger partial charge in [-0.3, -0.25) is 0 Å². The Kier molecular flexibility index (Phi) is 0.508. The van der Waals surface area contributed by atoms with Gasteiger partial charge in [0.05, 0.1) is 6.42 Å². The lowest BCUT2D eigenvalue weighted by Crippen LogP contribution is -2.18. The molecular weight excluding hydrogens is 86.0 g/mol. The highest BCUT2D eigenvalue weighted by Gasteiger charge is 2.29. The number of halogens is 2. The fraction of sp³-hybridized carbons (Fsp3) is 0.250. The van der Waals surface area contributed by atoms with Gasteiger partial charge in [0, 0.05) is 0 Å². The first kappa shape index (κ1) is 3.78. The molecule has 1 rings (SSSR count). The van der Waals surface area contributed by atoms with E-state index in [0.717, 1.165) is 12.5 Å². The topological polar surface area (TPSA) is 0 Å². The summed E-state index contributed by atoms with van der Waals surface area (Å²) < 4.78 is 22.8. The van der Waals surface area contributed by atoms with Gasteiger partial charge < -0.3 is 0 Å². The zero-order valence-corrected chi connectivity index (χ0v) is 2.99. The van der Waals surface area contributed by atoms with Crippen LogP contribution in [0.25, 0.3) is 0 Å². The Balaban J connectivity index is 2.57. The molecule has 1 aliphatic carbocycles. The SMILES string of the molecule is FC1(F)[CH]C=C1. The van der Waals surface area contributed by atoms with Crippen molar-refractivity contribution in [1.82, 2.24) is 0 Å². The van der Waals surface area contributed by atoms with Crippen molar-refractivity contribution in [3.05, 3.63) is 18.6 Å². The fourth-order valence-electron chi connectivity index (χ4n) is 0.242. The molecule has 0 bridgehead atoms. The van der Waals surface area contributed by atoms with E-state index >= 15 is 0 Å². The Labute approximate surface area is 34.5 Å². The monoisotopic (exact) mass is 89.0 g/mol. The molecule has 0 heterocycles. The minimum absolute atomic E-state index is 0.854. The molecule has 0 aliphatic heterocycles. The molecule has 0 spiro atoms. The maximum Gasteiger partial charge on any atom is 0.273 e. The molecule has 0 aromatic carbocycles. The van der Waals surface area contributed by atoms with E-state index in [1.165, 1.54) is 6.08 Å². The van der Waals surface area contributed by atoms with Crippen molar-refractivity contribution in [1.29, 1.82) is 0 Å². The molecule has 0 aromatic heterocycles. The van der Waals surface area contributed by atoms with Crippen LogP contribution in [-0.4, -0.2) is 5.92 Å². The van der Waals surface area contributed by atoms with Crippen LogP contribution in [-0.2, 0) is 0 Å². The van der Waals surface area contributed by atoms with Gasteiger partial charge in [-0.15, -0.1) is 0 Å². The predicted molar refractivity (Wildman–Crippen MR) is 18.4 cm³/mol. The third kappa shape index (κ3) is 0.421. The van der Waals surface area contributed by atoms with Crippen LogP contribution in [0.4, 0.5) is 8.78 Å². The van der Waals surface area contributed by atoms with Gasteiger partial charge in [0.2, 0.25) is 0 Å². The third-order valence-electron chi connectivity index (χ3n) is 0.637. The van der Waals surface area contributed by atoms with E-state index in [1.54, 1.807) is 0 Å². The summed E-state index contributed by atoms with van der Waals surface area (Å²) in [6.45, 7) is 0. The summed E-state index contributed by atoms with van der Waals surface area (Å²) in [7, 11) is 0. The highest BCUT2D eigenvalue weighted by atomic mass is 19.3. The number of hydrogen-bond donors (Lipinski definition) is 0. The van der Waals surface area contributed by atoms with Gasteiger partial charge in [-0.2, -0.15) is 0 Å². The number of rotatable bonds is 0. The van der Waals surface area contributed by atoms with Gasteiger partial charge >= 0.3 is 0 Å². The average Bonchev–Trinajstić information content (AvgIpc) is 1.32. The minimum Gasteiger partial charge on any atom is -0.201 e. The van der Waals surface area contributed by atoms with Gasteiger partial charge in [-0.25, -0.2) is 8.78 Å². The molecule has 0 fully saturated rings. The van der Waals surface area contributed by atoms with Gasteiger partial charge in [0.15, 0.2) is 0 Å². The minimum atomic E-state index is -2.58. The van der Waals surface area contributed by atoms with Crippen molar-refractivity contribution >= 4 is 0 Å². The van der Waals surface area contributed by atoms with Gasteiger partial charge in [0.25, 0.3) is 5.92 Å². The molecular formula is C4H3F2. The zero-order chi connectivity index (χ0) is 4.62. The second-order valence-electron chi connectivity index (χ2n) is 1.20. The lowest BCUT2D eigenvalue weighted by Gasteiger charge is -2.14. The van der Waals surface area contributed by atoms with Crippen LogP contribution < -0.4 is 0 Å². The van der Waals surface area contributed by atoms with Crippen molar-refractivity contribution in [2.75, 3.05) is 0 Å². The van der Waals surface area contributed by atoms with Crippen molar-refractivity contribution in [3.8, 4) is 0 Å². The molecule has 1 aliphatic rings. The van der Waals surface area contributed by atoms with E-state index < -0.39 is 5.92 Å². The summed E-state index contributed by atoms with van der Waals surface area (Å²) in [6, 6.07) is 0. The summed E-state index contributed by atoms with van der Waals surface area (Å²) in [4.78, 5) is 0. The molecule has 0 saturated carbocycles. The van der Waals surface area contributed by atoms with Crippen molar-refractivity contribution < 1.29 is 8.78 Å². The number of hydrogen-bond acceptors (Lipinski definition) is 0. The molecule has 0 saturated heterocycles. The highest BCUT2D eigenvalue weighted by Crippen LogP contribution is 2.26. The summed E-state index contributed by atoms with van der Waals surface area (Å²) >= 11 is 0. The van der Waals surface area contributed by atoms with Crippen LogP contribution in [0.2, 0.25) is 0 Å². The number of allylic oxidation sites excluding steroid dienone is 2. The van der Waals surface area contributed by atoms with Gasteiger partial charge in [-0.05, 0) is 6.08 Å². The lowest BCUT2D eigenvalue weighted by atomic mass is 10.1.